The molecular weight excluding hydrogens is 276 g/mol. The topological polar surface area (TPSA) is 40.5 Å². The molecule has 3 nitrogen and oxygen atoms in total. The highest BCUT2D eigenvalue weighted by molar-refractivity contribution is 5.67. The molecule has 2 aromatic carbocycles. The average molecular weight is 289 g/mol. The van der Waals surface area contributed by atoms with E-state index in [9.17, 15) is 18.7 Å². The van der Waals surface area contributed by atoms with Gasteiger partial charge in [0.05, 0.1) is 6.04 Å². The van der Waals surface area contributed by atoms with Crippen LogP contribution in [0.1, 0.15) is 22.7 Å². The number of carboxylic acid groups (broad SMARTS) is 1. The van der Waals surface area contributed by atoms with Gasteiger partial charge in [0.2, 0.25) is 0 Å². The Kier molecular flexibility index (Phi) is 3.33. The second-order valence-electron chi connectivity index (χ2n) is 5.00. The highest BCUT2D eigenvalue weighted by atomic mass is 19.2. The lowest BCUT2D eigenvalue weighted by atomic mass is 9.88. The first-order valence-corrected chi connectivity index (χ1v) is 6.60. The molecule has 0 fully saturated rings. The van der Waals surface area contributed by atoms with Crippen LogP contribution in [0, 0.1) is 11.6 Å². The van der Waals surface area contributed by atoms with Crippen molar-refractivity contribution in [2.24, 2.45) is 0 Å². The molecule has 21 heavy (non-hydrogen) atoms. The van der Waals surface area contributed by atoms with Crippen LogP contribution in [0.4, 0.5) is 13.6 Å². The van der Waals surface area contributed by atoms with E-state index in [1.165, 1.54) is 11.0 Å². The molecule has 1 aliphatic heterocycles. The summed E-state index contributed by atoms with van der Waals surface area (Å²) in [5.41, 5.74) is 2.28. The number of rotatable bonds is 1. The van der Waals surface area contributed by atoms with E-state index in [1.807, 2.05) is 24.3 Å². The van der Waals surface area contributed by atoms with Gasteiger partial charge in [-0.15, -0.1) is 0 Å². The number of fused-ring (bicyclic) bond motifs is 1. The first-order valence-electron chi connectivity index (χ1n) is 6.60. The number of benzene rings is 2. The normalized spacial score (nSPS) is 17.4. The largest absolute Gasteiger partial charge is 0.465 e. The minimum absolute atomic E-state index is 0.329. The summed E-state index contributed by atoms with van der Waals surface area (Å²) in [7, 11) is 0. The number of carbonyl (C=O) groups is 1. The molecule has 1 N–H and O–H groups in total. The molecule has 1 amide bonds. The quantitative estimate of drug-likeness (QED) is 0.871. The Balaban J connectivity index is 2.14. The van der Waals surface area contributed by atoms with E-state index in [1.54, 1.807) is 0 Å². The number of halogens is 2. The molecule has 0 radical (unpaired) electrons. The van der Waals surface area contributed by atoms with Gasteiger partial charge >= 0.3 is 6.09 Å². The van der Waals surface area contributed by atoms with Crippen molar-refractivity contribution in [1.29, 1.82) is 0 Å². The van der Waals surface area contributed by atoms with Gasteiger partial charge in [0.15, 0.2) is 11.6 Å². The second-order valence-corrected chi connectivity index (χ2v) is 5.00. The van der Waals surface area contributed by atoms with Crippen LogP contribution in [0.5, 0.6) is 0 Å². The fraction of sp³-hybridized carbons (Fsp3) is 0.188. The Labute approximate surface area is 120 Å². The van der Waals surface area contributed by atoms with Gasteiger partial charge in [-0.3, -0.25) is 4.90 Å². The Morgan fingerprint density at radius 3 is 2.62 bits per heavy atom. The third kappa shape index (κ3) is 2.35. The lowest BCUT2D eigenvalue weighted by Gasteiger charge is -2.35. The van der Waals surface area contributed by atoms with Gasteiger partial charge in [-0.25, -0.2) is 13.6 Å². The van der Waals surface area contributed by atoms with Gasteiger partial charge in [-0.2, -0.15) is 0 Å². The lowest BCUT2D eigenvalue weighted by molar-refractivity contribution is 0.129. The molecule has 108 valence electrons. The van der Waals surface area contributed by atoms with Crippen LogP contribution in [0.25, 0.3) is 0 Å². The van der Waals surface area contributed by atoms with E-state index in [0.29, 0.717) is 18.5 Å². The summed E-state index contributed by atoms with van der Waals surface area (Å²) in [4.78, 5) is 12.7. The molecule has 0 aromatic heterocycles. The van der Waals surface area contributed by atoms with Crippen LogP contribution >= 0.6 is 0 Å². The first-order chi connectivity index (χ1) is 10.1. The van der Waals surface area contributed by atoms with Crippen molar-refractivity contribution in [1.82, 2.24) is 4.90 Å². The van der Waals surface area contributed by atoms with Crippen molar-refractivity contribution < 1.29 is 18.7 Å². The average Bonchev–Trinajstić information content (AvgIpc) is 2.49. The van der Waals surface area contributed by atoms with Crippen LogP contribution in [0.15, 0.2) is 42.5 Å². The van der Waals surface area contributed by atoms with Crippen molar-refractivity contribution in [2.75, 3.05) is 6.54 Å². The zero-order chi connectivity index (χ0) is 15.0. The molecule has 0 saturated carbocycles. The Morgan fingerprint density at radius 2 is 1.90 bits per heavy atom. The van der Waals surface area contributed by atoms with Gasteiger partial charge in [0.25, 0.3) is 0 Å². The Bertz CT molecular complexity index is 702. The fourth-order valence-electron chi connectivity index (χ4n) is 2.81. The molecule has 1 heterocycles. The summed E-state index contributed by atoms with van der Waals surface area (Å²) < 4.78 is 26.6. The molecule has 1 unspecified atom stereocenters. The molecule has 0 saturated heterocycles. The van der Waals surface area contributed by atoms with Gasteiger partial charge in [0, 0.05) is 6.54 Å². The molecule has 1 atom stereocenters. The van der Waals surface area contributed by atoms with Gasteiger partial charge in [-0.05, 0) is 35.2 Å². The molecule has 1 aliphatic rings. The molecule has 0 aliphatic carbocycles. The number of amides is 1. The minimum atomic E-state index is -1.07. The predicted octanol–water partition coefficient (Wildman–Crippen LogP) is 3.59. The number of nitrogens with zero attached hydrogens (tertiary/aromatic N) is 1. The van der Waals surface area contributed by atoms with Crippen molar-refractivity contribution >= 4 is 6.09 Å². The van der Waals surface area contributed by atoms with E-state index in [2.05, 4.69) is 0 Å². The zero-order valence-corrected chi connectivity index (χ0v) is 11.1. The summed E-state index contributed by atoms with van der Waals surface area (Å²) in [5, 5.41) is 9.38. The molecule has 5 heteroatoms. The van der Waals surface area contributed by atoms with Crippen LogP contribution in [0.2, 0.25) is 0 Å². The zero-order valence-electron chi connectivity index (χ0n) is 11.1. The maximum Gasteiger partial charge on any atom is 0.408 e. The van der Waals surface area contributed by atoms with Gasteiger partial charge in [0.1, 0.15) is 0 Å². The van der Waals surface area contributed by atoms with E-state index in [0.717, 1.165) is 23.3 Å². The highest BCUT2D eigenvalue weighted by Crippen LogP contribution is 2.35. The van der Waals surface area contributed by atoms with E-state index in [-0.39, 0.29) is 0 Å². The highest BCUT2D eigenvalue weighted by Gasteiger charge is 2.32. The van der Waals surface area contributed by atoms with E-state index < -0.39 is 23.8 Å². The standard InChI is InChI=1S/C16H13F2NO2/c17-13-6-5-11(9-14(13)18)15-12-4-2-1-3-10(12)7-8-19(15)16(20)21/h1-6,9,15H,7-8H2,(H,20,21). The van der Waals surface area contributed by atoms with Gasteiger partial charge in [-0.1, -0.05) is 30.3 Å². The van der Waals surface area contributed by atoms with Crippen LogP contribution in [-0.4, -0.2) is 22.6 Å². The summed E-state index contributed by atoms with van der Waals surface area (Å²) in [6.07, 6.45) is -0.456. The Morgan fingerprint density at radius 1 is 1.14 bits per heavy atom. The van der Waals surface area contributed by atoms with Crippen molar-refractivity contribution in [2.45, 2.75) is 12.5 Å². The smallest absolute Gasteiger partial charge is 0.408 e. The maximum absolute atomic E-state index is 13.5. The molecule has 0 spiro atoms. The molecular formula is C16H13F2NO2. The van der Waals surface area contributed by atoms with Crippen LogP contribution in [-0.2, 0) is 6.42 Å². The van der Waals surface area contributed by atoms with E-state index >= 15 is 0 Å². The number of hydrogen-bond acceptors (Lipinski definition) is 1. The summed E-state index contributed by atoms with van der Waals surface area (Å²) in [6.45, 7) is 0.329. The maximum atomic E-state index is 13.5. The fourth-order valence-corrected chi connectivity index (χ4v) is 2.81. The number of hydrogen-bond donors (Lipinski definition) is 1. The monoisotopic (exact) mass is 289 g/mol. The van der Waals surface area contributed by atoms with Crippen molar-refractivity contribution in [3.8, 4) is 0 Å². The SMILES string of the molecule is O=C(O)N1CCc2ccccc2C1c1ccc(F)c(F)c1. The molecule has 3 rings (SSSR count). The predicted molar refractivity (Wildman–Crippen MR) is 73.1 cm³/mol. The summed E-state index contributed by atoms with van der Waals surface area (Å²) in [5.74, 6) is -1.91. The second kappa shape index (κ2) is 5.16. The van der Waals surface area contributed by atoms with E-state index in [4.69, 9.17) is 0 Å². The third-order valence-electron chi connectivity index (χ3n) is 3.79. The van der Waals surface area contributed by atoms with Crippen molar-refractivity contribution in [3.63, 3.8) is 0 Å². The van der Waals surface area contributed by atoms with Crippen LogP contribution in [0.3, 0.4) is 0 Å². The Hall–Kier alpha value is -2.43. The minimum Gasteiger partial charge on any atom is -0.465 e. The van der Waals surface area contributed by atoms with Gasteiger partial charge < -0.3 is 5.11 Å². The molecule has 2 aromatic rings. The van der Waals surface area contributed by atoms with Crippen LogP contribution < -0.4 is 0 Å². The van der Waals surface area contributed by atoms with Crippen molar-refractivity contribution in [3.05, 3.63) is 70.8 Å². The lowest BCUT2D eigenvalue weighted by Crippen LogP contribution is -2.39. The molecule has 0 bridgehead atoms. The first kappa shape index (κ1) is 13.5. The third-order valence-corrected chi connectivity index (χ3v) is 3.79. The summed E-state index contributed by atoms with van der Waals surface area (Å²) >= 11 is 0. The summed E-state index contributed by atoms with van der Waals surface area (Å²) in [6, 6.07) is 10.4.